The maximum Gasteiger partial charge on any atom is 0.306 e. The Morgan fingerprint density at radius 1 is 1.18 bits per heavy atom. The number of thioether (sulfide) groups is 1. The predicted molar refractivity (Wildman–Crippen MR) is 115 cm³/mol. The summed E-state index contributed by atoms with van der Waals surface area (Å²) < 4.78 is 5.44. The molecule has 0 aliphatic carbocycles. The number of aryl methyl sites for hydroxylation is 1. The number of hydrogen-bond acceptors (Lipinski definition) is 4. The fraction of sp³-hybridized carbons (Fsp3) is 0.182. The molecule has 1 N–H and O–H groups in total. The van der Waals surface area contributed by atoms with Crippen LogP contribution in [0.25, 0.3) is 21.8 Å². The third-order valence-electron chi connectivity index (χ3n) is 4.71. The number of benzene rings is 2. The van der Waals surface area contributed by atoms with E-state index in [1.807, 2.05) is 54.9 Å². The molecule has 0 bridgehead atoms. The van der Waals surface area contributed by atoms with E-state index in [0.29, 0.717) is 23.6 Å². The van der Waals surface area contributed by atoms with Crippen molar-refractivity contribution in [2.24, 2.45) is 0 Å². The van der Waals surface area contributed by atoms with Crippen molar-refractivity contribution < 1.29 is 9.53 Å². The van der Waals surface area contributed by atoms with E-state index in [-0.39, 0.29) is 12.6 Å². The van der Waals surface area contributed by atoms with E-state index in [4.69, 9.17) is 16.3 Å². The maximum absolute atomic E-state index is 12.2. The number of nitrogens with zero attached hydrogens (tertiary/aromatic N) is 1. The number of halogens is 1. The molecule has 0 saturated heterocycles. The molecule has 6 heteroatoms. The van der Waals surface area contributed by atoms with Gasteiger partial charge in [0.25, 0.3) is 0 Å². The van der Waals surface area contributed by atoms with Gasteiger partial charge in [0.2, 0.25) is 0 Å². The van der Waals surface area contributed by atoms with Crippen molar-refractivity contribution in [2.45, 2.75) is 24.3 Å². The van der Waals surface area contributed by atoms with Gasteiger partial charge in [0, 0.05) is 39.4 Å². The highest BCUT2D eigenvalue weighted by Gasteiger charge is 2.11. The van der Waals surface area contributed by atoms with Crippen LogP contribution in [-0.2, 0) is 22.6 Å². The van der Waals surface area contributed by atoms with Gasteiger partial charge < -0.3 is 9.72 Å². The highest BCUT2D eigenvalue weighted by molar-refractivity contribution is 7.98. The summed E-state index contributed by atoms with van der Waals surface area (Å²) in [6.07, 6.45) is 4.92. The summed E-state index contributed by atoms with van der Waals surface area (Å²) in [6, 6.07) is 16.0. The lowest BCUT2D eigenvalue weighted by atomic mass is 10.1. The molecule has 2 aromatic heterocycles. The predicted octanol–water partition coefficient (Wildman–Crippen LogP) is 5.77. The standard InChI is InChI=1S/C22H19ClN2O2S/c1-28-17-8-6-14-10-16(22(23)25-20(14)11-17)13-27-21(26)9-7-15-12-24-19-5-3-2-4-18(15)19/h2-6,8,10-12,24H,7,9,13H2,1H3. The summed E-state index contributed by atoms with van der Waals surface area (Å²) in [7, 11) is 0. The van der Waals surface area contributed by atoms with Crippen molar-refractivity contribution in [1.82, 2.24) is 9.97 Å². The van der Waals surface area contributed by atoms with Crippen LogP contribution >= 0.6 is 23.4 Å². The van der Waals surface area contributed by atoms with Crippen LogP contribution in [0.5, 0.6) is 0 Å². The van der Waals surface area contributed by atoms with Gasteiger partial charge in [-0.05, 0) is 42.5 Å². The first-order valence-corrected chi connectivity index (χ1v) is 10.6. The largest absolute Gasteiger partial charge is 0.461 e. The Morgan fingerprint density at radius 3 is 2.89 bits per heavy atom. The van der Waals surface area contributed by atoms with Crippen molar-refractivity contribution in [3.8, 4) is 0 Å². The Bertz CT molecular complexity index is 1160. The van der Waals surface area contributed by atoms with Gasteiger partial charge in [0.15, 0.2) is 0 Å². The third kappa shape index (κ3) is 4.01. The van der Waals surface area contributed by atoms with Gasteiger partial charge in [0.1, 0.15) is 11.8 Å². The van der Waals surface area contributed by atoms with Gasteiger partial charge in [-0.15, -0.1) is 11.8 Å². The number of H-pyrrole nitrogens is 1. The van der Waals surface area contributed by atoms with Gasteiger partial charge in [-0.25, -0.2) is 4.98 Å². The van der Waals surface area contributed by atoms with Crippen LogP contribution < -0.4 is 0 Å². The van der Waals surface area contributed by atoms with Gasteiger partial charge in [-0.1, -0.05) is 35.9 Å². The first-order chi connectivity index (χ1) is 13.6. The van der Waals surface area contributed by atoms with E-state index in [1.165, 1.54) is 0 Å². The number of hydrogen-bond donors (Lipinski definition) is 1. The van der Waals surface area contributed by atoms with E-state index in [9.17, 15) is 4.79 Å². The van der Waals surface area contributed by atoms with Crippen molar-refractivity contribution >= 4 is 51.1 Å². The van der Waals surface area contributed by atoms with Gasteiger partial charge in [0.05, 0.1) is 5.52 Å². The zero-order valence-electron chi connectivity index (χ0n) is 15.4. The minimum Gasteiger partial charge on any atom is -0.461 e. The smallest absolute Gasteiger partial charge is 0.306 e. The van der Waals surface area contributed by atoms with Crippen LogP contribution in [0, 0.1) is 0 Å². The van der Waals surface area contributed by atoms with Crippen LogP contribution in [0.15, 0.2) is 59.6 Å². The minimum absolute atomic E-state index is 0.124. The lowest BCUT2D eigenvalue weighted by molar-refractivity contribution is -0.144. The van der Waals surface area contributed by atoms with Crippen molar-refractivity contribution in [3.63, 3.8) is 0 Å². The summed E-state index contributed by atoms with van der Waals surface area (Å²) in [5.41, 5.74) is 3.74. The van der Waals surface area contributed by atoms with Gasteiger partial charge in [-0.2, -0.15) is 0 Å². The number of nitrogens with one attached hydrogen (secondary N) is 1. The molecule has 28 heavy (non-hydrogen) atoms. The number of esters is 1. The molecule has 0 amide bonds. The minimum atomic E-state index is -0.251. The van der Waals surface area contributed by atoms with Crippen molar-refractivity contribution in [3.05, 3.63) is 71.0 Å². The van der Waals surface area contributed by atoms with E-state index in [2.05, 4.69) is 16.0 Å². The molecule has 0 aliphatic heterocycles. The number of pyridine rings is 1. The molecule has 4 aromatic rings. The quantitative estimate of drug-likeness (QED) is 0.249. The summed E-state index contributed by atoms with van der Waals surface area (Å²) >= 11 is 7.95. The summed E-state index contributed by atoms with van der Waals surface area (Å²) in [5.74, 6) is -0.251. The maximum atomic E-state index is 12.2. The molecule has 4 nitrogen and oxygen atoms in total. The molecule has 0 saturated carbocycles. The summed E-state index contributed by atoms with van der Waals surface area (Å²) in [5, 5.41) is 2.49. The number of aromatic amines is 1. The Morgan fingerprint density at radius 2 is 2.04 bits per heavy atom. The van der Waals surface area contributed by atoms with Crippen LogP contribution in [0.3, 0.4) is 0 Å². The molecular weight excluding hydrogens is 392 g/mol. The zero-order chi connectivity index (χ0) is 19.5. The van der Waals surface area contributed by atoms with Crippen LogP contribution in [0.2, 0.25) is 5.15 Å². The number of fused-ring (bicyclic) bond motifs is 2. The zero-order valence-corrected chi connectivity index (χ0v) is 16.9. The van der Waals surface area contributed by atoms with E-state index in [0.717, 1.165) is 32.3 Å². The Labute approximate surface area is 172 Å². The first kappa shape index (κ1) is 18.8. The second-order valence-corrected chi connectivity index (χ2v) is 7.75. The number of carbonyl (C=O) groups excluding carboxylic acids is 1. The lowest BCUT2D eigenvalue weighted by Gasteiger charge is -2.08. The highest BCUT2D eigenvalue weighted by atomic mass is 35.5. The number of ether oxygens (including phenoxy) is 1. The molecule has 0 aliphatic rings. The van der Waals surface area contributed by atoms with E-state index >= 15 is 0 Å². The Kier molecular flexibility index (Phi) is 5.55. The average molecular weight is 411 g/mol. The summed E-state index contributed by atoms with van der Waals surface area (Å²) in [6.45, 7) is 0.124. The molecule has 2 aromatic carbocycles. The molecule has 4 rings (SSSR count). The average Bonchev–Trinajstić information content (AvgIpc) is 3.13. The molecule has 0 atom stereocenters. The van der Waals surface area contributed by atoms with E-state index in [1.54, 1.807) is 11.8 Å². The number of para-hydroxylation sites is 1. The topological polar surface area (TPSA) is 55.0 Å². The molecule has 0 fully saturated rings. The molecule has 0 radical (unpaired) electrons. The molecule has 142 valence electrons. The van der Waals surface area contributed by atoms with Crippen LogP contribution in [0.1, 0.15) is 17.5 Å². The summed E-state index contributed by atoms with van der Waals surface area (Å²) in [4.78, 5) is 21.0. The SMILES string of the molecule is CSc1ccc2cc(COC(=O)CCc3c[nH]c4ccccc34)c(Cl)nc2c1. The Hall–Kier alpha value is -2.50. The van der Waals surface area contributed by atoms with Crippen LogP contribution in [-0.4, -0.2) is 22.2 Å². The van der Waals surface area contributed by atoms with Crippen molar-refractivity contribution in [1.29, 1.82) is 0 Å². The lowest BCUT2D eigenvalue weighted by Crippen LogP contribution is -2.06. The number of rotatable bonds is 6. The monoisotopic (exact) mass is 410 g/mol. The van der Waals surface area contributed by atoms with Gasteiger partial charge >= 0.3 is 5.97 Å². The van der Waals surface area contributed by atoms with E-state index < -0.39 is 0 Å². The second-order valence-electron chi connectivity index (χ2n) is 6.52. The fourth-order valence-electron chi connectivity index (χ4n) is 3.20. The number of carbonyl (C=O) groups is 1. The number of aromatic nitrogens is 2. The molecule has 2 heterocycles. The molecule has 0 spiro atoms. The Balaban J connectivity index is 1.39. The first-order valence-electron chi connectivity index (χ1n) is 8.98. The molecule has 0 unspecified atom stereocenters. The van der Waals surface area contributed by atoms with Gasteiger partial charge in [-0.3, -0.25) is 4.79 Å². The highest BCUT2D eigenvalue weighted by Crippen LogP contribution is 2.25. The second kappa shape index (κ2) is 8.25. The third-order valence-corrected chi connectivity index (χ3v) is 5.77. The van der Waals surface area contributed by atoms with Crippen molar-refractivity contribution in [2.75, 3.05) is 6.26 Å². The molecular formula is C22H19ClN2O2S. The fourth-order valence-corrected chi connectivity index (χ4v) is 3.83. The normalized spacial score (nSPS) is 11.2. The van der Waals surface area contributed by atoms with Crippen LogP contribution in [0.4, 0.5) is 0 Å².